The van der Waals surface area contributed by atoms with Gasteiger partial charge in [0.05, 0.1) is 10.6 Å². The second kappa shape index (κ2) is 5.66. The van der Waals surface area contributed by atoms with Gasteiger partial charge >= 0.3 is 0 Å². The molecule has 8 heteroatoms. The van der Waals surface area contributed by atoms with Crippen molar-refractivity contribution in [3.8, 4) is 0 Å². The Balaban J connectivity index is 2.30. The zero-order valence-corrected chi connectivity index (χ0v) is 12.4. The maximum Gasteiger partial charge on any atom is 0.261 e. The molecular formula is C13H15N3O4S. The summed E-state index contributed by atoms with van der Waals surface area (Å²) in [7, 11) is -3.82. The molecule has 21 heavy (non-hydrogen) atoms. The fourth-order valence-corrected chi connectivity index (χ4v) is 2.45. The lowest BCUT2D eigenvalue weighted by molar-refractivity contribution is 0.102. The van der Waals surface area contributed by atoms with Crippen LogP contribution in [0.4, 0.5) is 5.69 Å². The van der Waals surface area contributed by atoms with Crippen LogP contribution < -0.4 is 10.5 Å². The van der Waals surface area contributed by atoms with E-state index in [0.29, 0.717) is 29.1 Å². The summed E-state index contributed by atoms with van der Waals surface area (Å²) in [4.78, 5) is 12.2. The largest absolute Gasteiger partial charge is 0.361 e. The molecule has 7 nitrogen and oxygen atoms in total. The number of rotatable bonds is 4. The van der Waals surface area contributed by atoms with E-state index in [4.69, 9.17) is 9.66 Å². The van der Waals surface area contributed by atoms with Crippen molar-refractivity contribution in [1.29, 1.82) is 0 Å². The van der Waals surface area contributed by atoms with Crippen LogP contribution in [0.5, 0.6) is 0 Å². The molecule has 0 atom stereocenters. The maximum atomic E-state index is 12.2. The highest BCUT2D eigenvalue weighted by atomic mass is 32.2. The number of sulfonamides is 1. The van der Waals surface area contributed by atoms with Crippen molar-refractivity contribution in [2.24, 2.45) is 5.14 Å². The standard InChI is InChI=1S/C13H15N3O4S/c1-3-11-12(8(2)20-16-11)13(17)15-9-5-4-6-10(7-9)21(14,18)19/h4-7H,3H2,1-2H3,(H,15,17)(H2,14,18,19). The maximum absolute atomic E-state index is 12.2. The van der Waals surface area contributed by atoms with Gasteiger partial charge < -0.3 is 9.84 Å². The molecule has 0 saturated heterocycles. The van der Waals surface area contributed by atoms with Gasteiger partial charge in [-0.1, -0.05) is 18.1 Å². The van der Waals surface area contributed by atoms with Crippen LogP contribution in [0.3, 0.4) is 0 Å². The van der Waals surface area contributed by atoms with Gasteiger partial charge in [0.1, 0.15) is 11.3 Å². The van der Waals surface area contributed by atoms with Crippen molar-refractivity contribution >= 4 is 21.6 Å². The van der Waals surface area contributed by atoms with E-state index in [1.165, 1.54) is 18.2 Å². The predicted octanol–water partition coefficient (Wildman–Crippen LogP) is 1.45. The lowest BCUT2D eigenvalue weighted by atomic mass is 10.1. The zero-order chi connectivity index (χ0) is 15.6. The first-order valence-corrected chi connectivity index (χ1v) is 7.77. The molecule has 1 aromatic carbocycles. The number of hydrogen-bond donors (Lipinski definition) is 2. The van der Waals surface area contributed by atoms with Gasteiger partial charge in [-0.2, -0.15) is 0 Å². The second-order valence-electron chi connectivity index (χ2n) is 4.44. The van der Waals surface area contributed by atoms with E-state index in [-0.39, 0.29) is 4.90 Å². The van der Waals surface area contributed by atoms with E-state index >= 15 is 0 Å². The van der Waals surface area contributed by atoms with E-state index in [9.17, 15) is 13.2 Å². The predicted molar refractivity (Wildman–Crippen MR) is 76.4 cm³/mol. The molecule has 0 radical (unpaired) electrons. The number of primary sulfonamides is 1. The average Bonchev–Trinajstić information content (AvgIpc) is 2.79. The number of anilines is 1. The fraction of sp³-hybridized carbons (Fsp3) is 0.231. The van der Waals surface area contributed by atoms with Crippen molar-refractivity contribution < 1.29 is 17.7 Å². The van der Waals surface area contributed by atoms with E-state index in [2.05, 4.69) is 10.5 Å². The number of nitrogens with zero attached hydrogens (tertiary/aromatic N) is 1. The van der Waals surface area contributed by atoms with Crippen molar-refractivity contribution in [2.45, 2.75) is 25.2 Å². The normalized spacial score (nSPS) is 11.4. The molecule has 0 saturated carbocycles. The number of amides is 1. The van der Waals surface area contributed by atoms with Gasteiger partial charge in [-0.05, 0) is 31.5 Å². The highest BCUT2D eigenvalue weighted by Gasteiger charge is 2.19. The van der Waals surface area contributed by atoms with Crippen LogP contribution >= 0.6 is 0 Å². The van der Waals surface area contributed by atoms with Crippen molar-refractivity contribution in [1.82, 2.24) is 5.16 Å². The molecule has 1 aromatic heterocycles. The summed E-state index contributed by atoms with van der Waals surface area (Å²) in [6.07, 6.45) is 0.553. The fourth-order valence-electron chi connectivity index (χ4n) is 1.89. The van der Waals surface area contributed by atoms with E-state index in [1.807, 2.05) is 6.92 Å². The Hall–Kier alpha value is -2.19. The summed E-state index contributed by atoms with van der Waals surface area (Å²) in [6, 6.07) is 5.71. The van der Waals surface area contributed by atoms with Crippen molar-refractivity contribution in [3.63, 3.8) is 0 Å². The average molecular weight is 309 g/mol. The van der Waals surface area contributed by atoms with Crippen LogP contribution in [0.1, 0.15) is 28.7 Å². The SMILES string of the molecule is CCc1noc(C)c1C(=O)Nc1cccc(S(N)(=O)=O)c1. The molecule has 1 heterocycles. The molecule has 0 unspecified atom stereocenters. The molecular weight excluding hydrogens is 294 g/mol. The first kappa shape index (κ1) is 15.2. The Kier molecular flexibility index (Phi) is 4.10. The topological polar surface area (TPSA) is 115 Å². The minimum absolute atomic E-state index is 0.0712. The van der Waals surface area contributed by atoms with Crippen molar-refractivity contribution in [2.75, 3.05) is 5.32 Å². The van der Waals surface area contributed by atoms with E-state index in [1.54, 1.807) is 13.0 Å². The second-order valence-corrected chi connectivity index (χ2v) is 6.00. The van der Waals surface area contributed by atoms with Crippen LogP contribution in [-0.4, -0.2) is 19.5 Å². The van der Waals surface area contributed by atoms with Crippen LogP contribution in [0, 0.1) is 6.92 Å². The van der Waals surface area contributed by atoms with Crippen LogP contribution in [0.15, 0.2) is 33.7 Å². The molecule has 0 aliphatic heterocycles. The van der Waals surface area contributed by atoms with Gasteiger partial charge in [-0.15, -0.1) is 0 Å². The first-order chi connectivity index (χ1) is 9.82. The quantitative estimate of drug-likeness (QED) is 0.886. The highest BCUT2D eigenvalue weighted by Crippen LogP contribution is 2.18. The molecule has 0 spiro atoms. The number of hydrogen-bond acceptors (Lipinski definition) is 5. The highest BCUT2D eigenvalue weighted by molar-refractivity contribution is 7.89. The van der Waals surface area contributed by atoms with Gasteiger partial charge in [0.25, 0.3) is 5.91 Å². The van der Waals surface area contributed by atoms with Gasteiger partial charge in [0.2, 0.25) is 10.0 Å². The summed E-state index contributed by atoms with van der Waals surface area (Å²) in [5, 5.41) is 11.5. The zero-order valence-electron chi connectivity index (χ0n) is 11.6. The van der Waals surface area contributed by atoms with E-state index in [0.717, 1.165) is 0 Å². The monoisotopic (exact) mass is 309 g/mol. The summed E-state index contributed by atoms with van der Waals surface area (Å²) >= 11 is 0. The smallest absolute Gasteiger partial charge is 0.261 e. The number of nitrogens with one attached hydrogen (secondary N) is 1. The Morgan fingerprint density at radius 3 is 2.76 bits per heavy atom. The Morgan fingerprint density at radius 1 is 1.43 bits per heavy atom. The Labute approximate surface area is 122 Å². The van der Waals surface area contributed by atoms with Gasteiger partial charge in [0.15, 0.2) is 0 Å². The number of benzene rings is 1. The Morgan fingerprint density at radius 2 is 2.14 bits per heavy atom. The molecule has 3 N–H and O–H groups in total. The first-order valence-electron chi connectivity index (χ1n) is 6.22. The van der Waals surface area contributed by atoms with Crippen LogP contribution in [-0.2, 0) is 16.4 Å². The lowest BCUT2D eigenvalue weighted by Gasteiger charge is -2.06. The molecule has 2 aromatic rings. The molecule has 0 aliphatic rings. The van der Waals surface area contributed by atoms with Crippen molar-refractivity contribution in [3.05, 3.63) is 41.3 Å². The molecule has 0 fully saturated rings. The number of aromatic nitrogens is 1. The molecule has 0 bridgehead atoms. The number of aryl methyl sites for hydroxylation is 2. The lowest BCUT2D eigenvalue weighted by Crippen LogP contribution is -2.16. The third kappa shape index (κ3) is 3.29. The number of carbonyl (C=O) groups excluding carboxylic acids is 1. The van der Waals surface area contributed by atoms with Gasteiger partial charge in [0, 0.05) is 5.69 Å². The van der Waals surface area contributed by atoms with Crippen LogP contribution in [0.25, 0.3) is 0 Å². The van der Waals surface area contributed by atoms with Gasteiger partial charge in [-0.25, -0.2) is 13.6 Å². The Bertz CT molecular complexity index is 780. The molecule has 0 aliphatic carbocycles. The van der Waals surface area contributed by atoms with E-state index < -0.39 is 15.9 Å². The third-order valence-corrected chi connectivity index (χ3v) is 3.83. The minimum Gasteiger partial charge on any atom is -0.361 e. The third-order valence-electron chi connectivity index (χ3n) is 2.92. The summed E-state index contributed by atoms with van der Waals surface area (Å²) in [5.41, 5.74) is 1.24. The summed E-state index contributed by atoms with van der Waals surface area (Å²) < 4.78 is 27.6. The summed E-state index contributed by atoms with van der Waals surface area (Å²) in [5.74, 6) is 0.00382. The molecule has 2 rings (SSSR count). The molecule has 1 amide bonds. The number of carbonyl (C=O) groups is 1. The minimum atomic E-state index is -3.82. The molecule has 112 valence electrons. The number of nitrogens with two attached hydrogens (primary N) is 1. The van der Waals surface area contributed by atoms with Gasteiger partial charge in [-0.3, -0.25) is 4.79 Å². The summed E-state index contributed by atoms with van der Waals surface area (Å²) in [6.45, 7) is 3.50. The van der Waals surface area contributed by atoms with Crippen LogP contribution in [0.2, 0.25) is 0 Å².